The van der Waals surface area contributed by atoms with Gasteiger partial charge in [-0.3, -0.25) is 0 Å². The first kappa shape index (κ1) is 14.8. The molecule has 0 saturated carbocycles. The molecule has 0 bridgehead atoms. The summed E-state index contributed by atoms with van der Waals surface area (Å²) in [7, 11) is 1.20. The highest BCUT2D eigenvalue weighted by atomic mass is 19.2. The van der Waals surface area contributed by atoms with Crippen molar-refractivity contribution in [1.82, 2.24) is 0 Å². The number of methoxy groups -OCH3 is 1. The Morgan fingerprint density at radius 3 is 1.95 bits per heavy atom. The number of carbonyl (C=O) groups is 1. The van der Waals surface area contributed by atoms with Crippen LogP contribution in [0.4, 0.5) is 17.6 Å². The highest BCUT2D eigenvalue weighted by Crippen LogP contribution is 2.23. The summed E-state index contributed by atoms with van der Waals surface area (Å²) in [6.07, 6.45) is 0. The van der Waals surface area contributed by atoms with E-state index < -0.39 is 34.8 Å². The van der Waals surface area contributed by atoms with E-state index in [-0.39, 0.29) is 11.5 Å². The van der Waals surface area contributed by atoms with Crippen molar-refractivity contribution in [2.45, 2.75) is 0 Å². The predicted octanol–water partition coefficient (Wildman–Crippen LogP) is 3.47. The van der Waals surface area contributed by atoms with Gasteiger partial charge in [0.15, 0.2) is 11.6 Å². The van der Waals surface area contributed by atoms with Gasteiger partial charge in [-0.25, -0.2) is 22.4 Å². The zero-order chi connectivity index (χ0) is 15.6. The number of benzene rings is 2. The molecule has 0 spiro atoms. The van der Waals surface area contributed by atoms with Crippen LogP contribution in [-0.4, -0.2) is 13.1 Å². The smallest absolute Gasteiger partial charge is 0.349 e. The summed E-state index contributed by atoms with van der Waals surface area (Å²) >= 11 is 0. The van der Waals surface area contributed by atoms with Crippen molar-refractivity contribution in [2.24, 2.45) is 0 Å². The summed E-state index contributed by atoms with van der Waals surface area (Å²) < 4.78 is 62.2. The van der Waals surface area contributed by atoms with Crippen LogP contribution in [0.15, 0.2) is 30.3 Å². The highest BCUT2D eigenvalue weighted by Gasteiger charge is 2.21. The first-order chi connectivity index (χ1) is 9.92. The van der Waals surface area contributed by atoms with Crippen molar-refractivity contribution in [3.05, 3.63) is 59.2 Å². The lowest BCUT2D eigenvalue weighted by Crippen LogP contribution is -2.13. The van der Waals surface area contributed by atoms with Crippen LogP contribution in [0, 0.1) is 23.3 Å². The summed E-state index contributed by atoms with van der Waals surface area (Å²) in [5, 5.41) is 0. The molecule has 3 nitrogen and oxygen atoms in total. The van der Waals surface area contributed by atoms with Gasteiger partial charge in [0.05, 0.1) is 7.11 Å². The molecule has 0 fully saturated rings. The van der Waals surface area contributed by atoms with Gasteiger partial charge in [0.25, 0.3) is 0 Å². The second-order valence-electron chi connectivity index (χ2n) is 3.93. The van der Waals surface area contributed by atoms with Gasteiger partial charge in [0, 0.05) is 18.2 Å². The summed E-state index contributed by atoms with van der Waals surface area (Å²) in [4.78, 5) is 11.7. The van der Waals surface area contributed by atoms with Crippen LogP contribution >= 0.6 is 0 Å². The van der Waals surface area contributed by atoms with Gasteiger partial charge in [-0.2, -0.15) is 0 Å². The van der Waals surface area contributed by atoms with E-state index in [9.17, 15) is 22.4 Å². The third-order valence-corrected chi connectivity index (χ3v) is 2.56. The Morgan fingerprint density at radius 2 is 1.43 bits per heavy atom. The van der Waals surface area contributed by atoms with Crippen molar-refractivity contribution >= 4 is 5.97 Å². The van der Waals surface area contributed by atoms with Gasteiger partial charge in [0.2, 0.25) is 0 Å². The largest absolute Gasteiger partial charge is 0.497 e. The quantitative estimate of drug-likeness (QED) is 0.494. The van der Waals surface area contributed by atoms with E-state index in [4.69, 9.17) is 0 Å². The van der Waals surface area contributed by atoms with Crippen LogP contribution in [0.5, 0.6) is 11.5 Å². The van der Waals surface area contributed by atoms with Gasteiger partial charge in [0.1, 0.15) is 28.7 Å². The molecule has 0 amide bonds. The number of hydrogen-bond donors (Lipinski definition) is 0. The molecule has 0 unspecified atom stereocenters. The summed E-state index contributed by atoms with van der Waals surface area (Å²) in [6.45, 7) is 0. The van der Waals surface area contributed by atoms with E-state index in [1.807, 2.05) is 0 Å². The maximum absolute atomic E-state index is 13.6. The van der Waals surface area contributed by atoms with Crippen LogP contribution in [-0.2, 0) is 0 Å². The zero-order valence-electron chi connectivity index (χ0n) is 10.6. The topological polar surface area (TPSA) is 35.5 Å². The van der Waals surface area contributed by atoms with E-state index in [2.05, 4.69) is 9.47 Å². The lowest BCUT2D eigenvalue weighted by molar-refractivity contribution is 0.0724. The molecule has 110 valence electrons. The summed E-state index contributed by atoms with van der Waals surface area (Å²) in [5.74, 6) is -6.66. The predicted molar refractivity (Wildman–Crippen MR) is 64.2 cm³/mol. The average molecular weight is 300 g/mol. The van der Waals surface area contributed by atoms with E-state index >= 15 is 0 Å². The van der Waals surface area contributed by atoms with Gasteiger partial charge in [-0.15, -0.1) is 0 Å². The minimum atomic E-state index is -1.38. The first-order valence-corrected chi connectivity index (χ1v) is 5.62. The number of hydrogen-bond acceptors (Lipinski definition) is 3. The number of esters is 1. The van der Waals surface area contributed by atoms with Crippen molar-refractivity contribution in [1.29, 1.82) is 0 Å². The molecule has 0 aromatic heterocycles. The normalized spacial score (nSPS) is 10.3. The molecular weight excluding hydrogens is 292 g/mol. The molecule has 0 heterocycles. The molecule has 0 aliphatic rings. The van der Waals surface area contributed by atoms with Gasteiger partial charge < -0.3 is 9.47 Å². The second-order valence-corrected chi connectivity index (χ2v) is 3.93. The number of ether oxygens (including phenoxy) is 2. The standard InChI is InChI=1S/C14H8F4O3/c1-20-8-5-11(17)13(12(18)6-8)14(19)21-7-2-3-9(15)10(16)4-7/h2-6H,1H3. The fraction of sp³-hybridized carbons (Fsp3) is 0.0714. The van der Waals surface area contributed by atoms with Gasteiger partial charge in [-0.05, 0) is 12.1 Å². The molecule has 0 aliphatic heterocycles. The van der Waals surface area contributed by atoms with E-state index in [1.54, 1.807) is 0 Å². The monoisotopic (exact) mass is 300 g/mol. The molecule has 0 N–H and O–H groups in total. The molecule has 2 aromatic rings. The molecule has 2 rings (SSSR count). The Hall–Kier alpha value is -2.57. The fourth-order valence-corrected chi connectivity index (χ4v) is 1.56. The number of carbonyl (C=O) groups excluding carboxylic acids is 1. The van der Waals surface area contributed by atoms with Crippen LogP contribution in [0.25, 0.3) is 0 Å². The minimum absolute atomic E-state index is 0.116. The number of rotatable bonds is 3. The zero-order valence-corrected chi connectivity index (χ0v) is 10.6. The molecule has 0 radical (unpaired) electrons. The van der Waals surface area contributed by atoms with Crippen LogP contribution in [0.2, 0.25) is 0 Å². The maximum atomic E-state index is 13.6. The fourth-order valence-electron chi connectivity index (χ4n) is 1.56. The average Bonchev–Trinajstić information content (AvgIpc) is 2.42. The Labute approximate surface area is 116 Å². The molecule has 0 atom stereocenters. The Morgan fingerprint density at radius 1 is 0.857 bits per heavy atom. The van der Waals surface area contributed by atoms with Crippen molar-refractivity contribution in [3.63, 3.8) is 0 Å². The van der Waals surface area contributed by atoms with Crippen molar-refractivity contribution in [2.75, 3.05) is 7.11 Å². The third-order valence-electron chi connectivity index (χ3n) is 2.56. The summed E-state index contributed by atoms with van der Waals surface area (Å²) in [6, 6.07) is 3.86. The third kappa shape index (κ3) is 3.13. The van der Waals surface area contributed by atoms with Gasteiger partial charge >= 0.3 is 5.97 Å². The SMILES string of the molecule is COc1cc(F)c(C(=O)Oc2ccc(F)c(F)c2)c(F)c1. The Balaban J connectivity index is 2.30. The molecule has 0 saturated heterocycles. The van der Waals surface area contributed by atoms with Crippen LogP contribution in [0.3, 0.4) is 0 Å². The first-order valence-electron chi connectivity index (χ1n) is 5.62. The van der Waals surface area contributed by atoms with Gasteiger partial charge in [-0.1, -0.05) is 0 Å². The molecule has 21 heavy (non-hydrogen) atoms. The summed E-state index contributed by atoms with van der Waals surface area (Å²) in [5.41, 5.74) is -0.958. The van der Waals surface area contributed by atoms with Crippen molar-refractivity contribution in [3.8, 4) is 11.5 Å². The molecule has 0 aliphatic carbocycles. The van der Waals surface area contributed by atoms with E-state index in [1.165, 1.54) is 7.11 Å². The lowest BCUT2D eigenvalue weighted by Gasteiger charge is -2.08. The Kier molecular flexibility index (Phi) is 4.11. The minimum Gasteiger partial charge on any atom is -0.497 e. The molecule has 2 aromatic carbocycles. The van der Waals surface area contributed by atoms with E-state index in [0.717, 1.165) is 24.3 Å². The second kappa shape index (κ2) is 5.82. The number of halogens is 4. The van der Waals surface area contributed by atoms with Crippen LogP contribution in [0.1, 0.15) is 10.4 Å². The Bertz CT molecular complexity index is 678. The highest BCUT2D eigenvalue weighted by molar-refractivity contribution is 5.91. The van der Waals surface area contributed by atoms with Crippen molar-refractivity contribution < 1.29 is 31.8 Å². The maximum Gasteiger partial charge on any atom is 0.349 e. The van der Waals surface area contributed by atoms with Crippen LogP contribution < -0.4 is 9.47 Å². The van der Waals surface area contributed by atoms with E-state index in [0.29, 0.717) is 6.07 Å². The molecule has 7 heteroatoms. The molecular formula is C14H8F4O3. The lowest BCUT2D eigenvalue weighted by atomic mass is 10.2.